The number of halogens is 3. The third-order valence-electron chi connectivity index (χ3n) is 5.64. The molecule has 0 saturated carbocycles. The summed E-state index contributed by atoms with van der Waals surface area (Å²) in [6.07, 6.45) is -4.61. The van der Waals surface area contributed by atoms with E-state index in [9.17, 15) is 31.2 Å². The molecule has 0 spiro atoms. The van der Waals surface area contributed by atoms with E-state index in [-0.39, 0.29) is 55.8 Å². The molecule has 2 aliphatic heterocycles. The first-order valence-electron chi connectivity index (χ1n) is 10.5. The zero-order chi connectivity index (χ0) is 24.5. The van der Waals surface area contributed by atoms with Crippen molar-refractivity contribution in [2.24, 2.45) is 4.99 Å². The molecule has 2 aromatic rings. The average Bonchev–Trinajstić information content (AvgIpc) is 3.08. The Bertz CT molecular complexity index is 1250. The van der Waals surface area contributed by atoms with E-state index in [0.29, 0.717) is 5.56 Å². The summed E-state index contributed by atoms with van der Waals surface area (Å²) >= 11 is 0. The Balaban J connectivity index is 1.33. The van der Waals surface area contributed by atoms with Gasteiger partial charge in [-0.1, -0.05) is 24.3 Å². The fourth-order valence-electron chi connectivity index (χ4n) is 3.92. The van der Waals surface area contributed by atoms with Crippen LogP contribution in [0.4, 0.5) is 13.2 Å². The Kier molecular flexibility index (Phi) is 6.34. The maximum Gasteiger partial charge on any atom is 0.417 e. The molecule has 34 heavy (non-hydrogen) atoms. The molecule has 0 aromatic heterocycles. The molecule has 1 fully saturated rings. The number of amides is 2. The largest absolute Gasteiger partial charge is 0.417 e. The fourth-order valence-corrected chi connectivity index (χ4v) is 5.17. The van der Waals surface area contributed by atoms with Crippen molar-refractivity contribution in [1.29, 1.82) is 0 Å². The van der Waals surface area contributed by atoms with Gasteiger partial charge in [0.15, 0.2) is 0 Å². The van der Waals surface area contributed by atoms with Crippen LogP contribution in [0.3, 0.4) is 0 Å². The number of carbonyl (C=O) groups is 2. The lowest BCUT2D eigenvalue weighted by Gasteiger charge is -2.35. The van der Waals surface area contributed by atoms with Gasteiger partial charge < -0.3 is 9.80 Å². The van der Waals surface area contributed by atoms with Crippen molar-refractivity contribution in [3.63, 3.8) is 0 Å². The number of hydrogen-bond acceptors (Lipinski definition) is 5. The minimum atomic E-state index is -4.64. The van der Waals surface area contributed by atoms with Crippen molar-refractivity contribution >= 4 is 27.7 Å². The summed E-state index contributed by atoms with van der Waals surface area (Å²) in [6.45, 7) is 0.648. The van der Waals surface area contributed by atoms with Crippen LogP contribution in [0.25, 0.3) is 0 Å². The van der Waals surface area contributed by atoms with Gasteiger partial charge in [0, 0.05) is 38.2 Å². The number of nitrogens with zero attached hydrogens (tertiary/aromatic N) is 3. The molecule has 0 radical (unpaired) electrons. The Hall–Kier alpha value is -3.41. The van der Waals surface area contributed by atoms with Gasteiger partial charge in [0.25, 0.3) is 15.9 Å². The number of hydrogen-bond donors (Lipinski definition) is 1. The highest BCUT2D eigenvalue weighted by atomic mass is 32.2. The maximum absolute atomic E-state index is 13.2. The Morgan fingerprint density at radius 1 is 0.941 bits per heavy atom. The van der Waals surface area contributed by atoms with Crippen LogP contribution in [0.1, 0.15) is 27.9 Å². The smallest absolute Gasteiger partial charge is 0.339 e. The minimum Gasteiger partial charge on any atom is -0.339 e. The molecule has 8 nitrogen and oxygen atoms in total. The van der Waals surface area contributed by atoms with E-state index >= 15 is 0 Å². The summed E-state index contributed by atoms with van der Waals surface area (Å²) in [5.41, 5.74) is -0.951. The summed E-state index contributed by atoms with van der Waals surface area (Å²) in [7, 11) is -3.66. The monoisotopic (exact) mass is 494 g/mol. The molecule has 180 valence electrons. The van der Waals surface area contributed by atoms with Crippen LogP contribution in [0, 0.1) is 0 Å². The lowest BCUT2D eigenvalue weighted by molar-refractivity contribution is -0.138. The van der Waals surface area contributed by atoms with Crippen molar-refractivity contribution in [2.45, 2.75) is 17.5 Å². The molecule has 2 aromatic carbocycles. The van der Waals surface area contributed by atoms with E-state index in [1.807, 2.05) is 0 Å². The number of benzene rings is 2. The summed E-state index contributed by atoms with van der Waals surface area (Å²) < 4.78 is 66.3. The van der Waals surface area contributed by atoms with Gasteiger partial charge in [-0.2, -0.15) is 13.2 Å². The summed E-state index contributed by atoms with van der Waals surface area (Å²) in [5.74, 6) is -0.776. The maximum atomic E-state index is 13.2. The average molecular weight is 494 g/mol. The standard InChI is InChI=1S/C22H21F3N4O4S/c23-22(24,25)17-7-3-1-5-15(17)21(31)29-13-11-28(12-14-29)19(30)9-10-26-20-16-6-2-4-8-18(16)34(32,33)27-20/h1-8H,9-14H2,(H,26,27). The number of nitrogens with one attached hydrogen (secondary N) is 1. The van der Waals surface area contributed by atoms with Gasteiger partial charge in [0.2, 0.25) is 5.91 Å². The lowest BCUT2D eigenvalue weighted by atomic mass is 10.1. The van der Waals surface area contributed by atoms with Gasteiger partial charge in [0.05, 0.1) is 22.6 Å². The van der Waals surface area contributed by atoms with E-state index in [1.165, 1.54) is 28.0 Å². The Morgan fingerprint density at radius 3 is 2.26 bits per heavy atom. The molecule has 12 heteroatoms. The van der Waals surface area contributed by atoms with Crippen molar-refractivity contribution in [1.82, 2.24) is 14.5 Å². The molecular weight excluding hydrogens is 473 g/mol. The van der Waals surface area contributed by atoms with Crippen LogP contribution in [0.5, 0.6) is 0 Å². The van der Waals surface area contributed by atoms with Gasteiger partial charge in [0.1, 0.15) is 5.84 Å². The molecule has 0 atom stereocenters. The minimum absolute atomic E-state index is 0.0260. The van der Waals surface area contributed by atoms with Gasteiger partial charge in [-0.05, 0) is 24.3 Å². The van der Waals surface area contributed by atoms with Crippen molar-refractivity contribution in [3.8, 4) is 0 Å². The first-order chi connectivity index (χ1) is 16.1. The number of rotatable bonds is 4. The quantitative estimate of drug-likeness (QED) is 0.704. The van der Waals surface area contributed by atoms with Gasteiger partial charge in [-0.25, -0.2) is 8.42 Å². The molecule has 0 bridgehead atoms. The first kappa shape index (κ1) is 23.7. The van der Waals surface area contributed by atoms with Crippen molar-refractivity contribution in [2.75, 3.05) is 32.7 Å². The van der Waals surface area contributed by atoms with Crippen LogP contribution in [-0.2, 0) is 21.0 Å². The van der Waals surface area contributed by atoms with Crippen molar-refractivity contribution < 1.29 is 31.2 Å². The van der Waals surface area contributed by atoms with Crippen LogP contribution in [-0.4, -0.2) is 68.6 Å². The second kappa shape index (κ2) is 9.09. The fraction of sp³-hybridized carbons (Fsp3) is 0.318. The van der Waals surface area contributed by atoms with Crippen LogP contribution in [0.2, 0.25) is 0 Å². The van der Waals surface area contributed by atoms with Crippen LogP contribution < -0.4 is 4.72 Å². The molecule has 1 N–H and O–H groups in total. The number of alkyl halides is 3. The van der Waals surface area contributed by atoms with E-state index in [4.69, 9.17) is 0 Å². The molecule has 2 amide bonds. The van der Waals surface area contributed by atoms with Gasteiger partial charge in [-0.3, -0.25) is 19.3 Å². The zero-order valence-corrected chi connectivity index (χ0v) is 18.7. The Labute approximate surface area is 194 Å². The number of carbonyl (C=O) groups excluding carboxylic acids is 2. The third kappa shape index (κ3) is 4.76. The molecule has 0 aliphatic carbocycles. The van der Waals surface area contributed by atoms with E-state index in [1.54, 1.807) is 18.2 Å². The molecule has 4 rings (SSSR count). The highest BCUT2D eigenvalue weighted by Crippen LogP contribution is 2.32. The summed E-state index contributed by atoms with van der Waals surface area (Å²) in [4.78, 5) is 32.4. The predicted octanol–water partition coefficient (Wildman–Crippen LogP) is 2.12. The van der Waals surface area contributed by atoms with Crippen molar-refractivity contribution in [3.05, 3.63) is 65.2 Å². The van der Waals surface area contributed by atoms with E-state index < -0.39 is 33.2 Å². The number of sulfonamides is 1. The number of piperazine rings is 1. The lowest BCUT2D eigenvalue weighted by Crippen LogP contribution is -2.51. The number of aliphatic imine (C=N–C) groups is 1. The summed E-state index contributed by atoms with van der Waals surface area (Å²) in [6, 6.07) is 11.0. The second-order valence-corrected chi connectivity index (χ2v) is 9.45. The van der Waals surface area contributed by atoms with E-state index in [2.05, 4.69) is 9.71 Å². The highest BCUT2D eigenvalue weighted by molar-refractivity contribution is 7.90. The molecular formula is C22H21F3N4O4S. The summed E-state index contributed by atoms with van der Waals surface area (Å²) in [5, 5.41) is 0. The van der Waals surface area contributed by atoms with E-state index in [0.717, 1.165) is 12.1 Å². The molecule has 2 aliphatic rings. The highest BCUT2D eigenvalue weighted by Gasteiger charge is 2.36. The zero-order valence-electron chi connectivity index (χ0n) is 17.9. The topological polar surface area (TPSA) is 99.1 Å². The number of amidine groups is 1. The van der Waals surface area contributed by atoms with Gasteiger partial charge >= 0.3 is 6.18 Å². The van der Waals surface area contributed by atoms with Crippen LogP contribution in [0.15, 0.2) is 58.4 Å². The van der Waals surface area contributed by atoms with Gasteiger partial charge in [-0.15, -0.1) is 0 Å². The SMILES string of the molecule is O=C(CCN=C1NS(=O)(=O)c2ccccc21)N1CCN(C(=O)c2ccccc2C(F)(F)F)CC1. The molecule has 2 heterocycles. The third-order valence-corrected chi connectivity index (χ3v) is 7.04. The predicted molar refractivity (Wildman–Crippen MR) is 117 cm³/mol. The van der Waals surface area contributed by atoms with Crippen LogP contribution >= 0.6 is 0 Å². The Morgan fingerprint density at radius 2 is 1.56 bits per heavy atom. The second-order valence-electron chi connectivity index (χ2n) is 7.80. The molecule has 1 saturated heterocycles. The molecule has 0 unspecified atom stereocenters. The number of fused-ring (bicyclic) bond motifs is 1. The normalized spacial score (nSPS) is 18.5. The first-order valence-corrected chi connectivity index (χ1v) is 12.0.